The van der Waals surface area contributed by atoms with Crippen LogP contribution in [0.3, 0.4) is 0 Å². The molecule has 0 aliphatic rings. The maximum Gasteiger partial charge on any atom is 0.305 e. The summed E-state index contributed by atoms with van der Waals surface area (Å²) in [6.07, 6.45) is 0.0737. The largest absolute Gasteiger partial charge is 0.481 e. The summed E-state index contributed by atoms with van der Waals surface area (Å²) in [6, 6.07) is 1.60. The van der Waals surface area contributed by atoms with Crippen LogP contribution in [0.5, 0.6) is 0 Å². The predicted molar refractivity (Wildman–Crippen MR) is 86.7 cm³/mol. The van der Waals surface area contributed by atoms with Crippen molar-refractivity contribution in [1.82, 2.24) is 10.3 Å². The molecule has 1 amide bonds. The summed E-state index contributed by atoms with van der Waals surface area (Å²) in [7, 11) is 0. The van der Waals surface area contributed by atoms with Crippen LogP contribution in [0.15, 0.2) is 21.3 Å². The van der Waals surface area contributed by atoms with Crippen LogP contribution in [0, 0.1) is 0 Å². The molecule has 0 spiro atoms. The number of hydrogen-bond donors (Lipinski definition) is 2. The molecular weight excluding hydrogens is 376 g/mol. The molecule has 0 bridgehead atoms. The number of nitrogens with zero attached hydrogens (tertiary/aromatic N) is 1. The van der Waals surface area contributed by atoms with Gasteiger partial charge < -0.3 is 10.4 Å². The Morgan fingerprint density at radius 1 is 1.43 bits per heavy atom. The van der Waals surface area contributed by atoms with Gasteiger partial charge in [-0.1, -0.05) is 0 Å². The van der Waals surface area contributed by atoms with E-state index < -0.39 is 5.97 Å². The lowest BCUT2D eigenvalue weighted by Crippen LogP contribution is -2.35. The Labute approximate surface area is 138 Å². The van der Waals surface area contributed by atoms with E-state index in [1.807, 2.05) is 16.8 Å². The first kappa shape index (κ1) is 16.1. The number of carboxylic acid groups (broad SMARTS) is 1. The van der Waals surface area contributed by atoms with E-state index >= 15 is 0 Å². The fraction of sp³-hybridized carbons (Fsp3) is 0.308. The molecule has 21 heavy (non-hydrogen) atoms. The van der Waals surface area contributed by atoms with Crippen molar-refractivity contribution in [3.8, 4) is 9.88 Å². The minimum absolute atomic E-state index is 0.0860. The van der Waals surface area contributed by atoms with Gasteiger partial charge in [0.2, 0.25) is 5.91 Å². The van der Waals surface area contributed by atoms with Crippen LogP contribution >= 0.6 is 38.6 Å². The van der Waals surface area contributed by atoms with Gasteiger partial charge in [-0.2, -0.15) is 0 Å². The summed E-state index contributed by atoms with van der Waals surface area (Å²) in [4.78, 5) is 27.8. The predicted octanol–water partition coefficient (Wildman–Crippen LogP) is 3.16. The molecule has 8 heteroatoms. The molecule has 2 heterocycles. The summed E-state index contributed by atoms with van der Waals surface area (Å²) in [5, 5.41) is 16.0. The van der Waals surface area contributed by atoms with Gasteiger partial charge in [0.05, 0.1) is 23.4 Å². The molecule has 2 N–H and O–H groups in total. The molecule has 112 valence electrons. The number of hydrogen-bond acceptors (Lipinski definition) is 5. The number of aromatic nitrogens is 1. The fourth-order valence-corrected chi connectivity index (χ4v) is 4.06. The van der Waals surface area contributed by atoms with Gasteiger partial charge in [-0.05, 0) is 28.9 Å². The van der Waals surface area contributed by atoms with Crippen LogP contribution in [0.2, 0.25) is 0 Å². The molecule has 1 unspecified atom stereocenters. The lowest BCUT2D eigenvalue weighted by molar-refractivity contribution is -0.137. The summed E-state index contributed by atoms with van der Waals surface area (Å²) in [5.41, 5.74) is 0.694. The Morgan fingerprint density at radius 3 is 2.81 bits per heavy atom. The maximum atomic E-state index is 11.8. The highest BCUT2D eigenvalue weighted by Gasteiger charge is 2.14. The Kier molecular flexibility index (Phi) is 5.49. The van der Waals surface area contributed by atoms with Gasteiger partial charge in [-0.3, -0.25) is 9.59 Å². The Balaban J connectivity index is 1.93. The summed E-state index contributed by atoms with van der Waals surface area (Å²) in [6.45, 7) is 1.67. The molecule has 0 saturated heterocycles. The molecular formula is C13H13BrN2O3S2. The fourth-order valence-electron chi connectivity index (χ4n) is 1.73. The quantitative estimate of drug-likeness (QED) is 0.796. The first-order valence-corrected chi connectivity index (χ1v) is 8.69. The highest BCUT2D eigenvalue weighted by molar-refractivity contribution is 9.10. The van der Waals surface area contributed by atoms with Crippen molar-refractivity contribution in [1.29, 1.82) is 0 Å². The minimum Gasteiger partial charge on any atom is -0.481 e. The second-order valence-corrected chi connectivity index (χ2v) is 7.20. The van der Waals surface area contributed by atoms with E-state index in [4.69, 9.17) is 5.11 Å². The third-order valence-corrected chi connectivity index (χ3v) is 5.31. The normalized spacial score (nSPS) is 12.1. The average Bonchev–Trinajstić information content (AvgIpc) is 2.96. The Morgan fingerprint density at radius 2 is 2.19 bits per heavy atom. The van der Waals surface area contributed by atoms with E-state index in [-0.39, 0.29) is 24.8 Å². The van der Waals surface area contributed by atoms with Gasteiger partial charge in [-0.15, -0.1) is 22.7 Å². The van der Waals surface area contributed by atoms with Crippen LogP contribution < -0.4 is 5.32 Å². The van der Waals surface area contributed by atoms with E-state index in [2.05, 4.69) is 26.2 Å². The lowest BCUT2D eigenvalue weighted by Gasteiger charge is -2.10. The van der Waals surface area contributed by atoms with Gasteiger partial charge in [-0.25, -0.2) is 4.98 Å². The molecule has 0 radical (unpaired) electrons. The molecule has 1 atom stereocenters. The molecule has 0 saturated carbocycles. The first-order chi connectivity index (χ1) is 9.94. The highest BCUT2D eigenvalue weighted by atomic mass is 79.9. The van der Waals surface area contributed by atoms with Crippen molar-refractivity contribution < 1.29 is 14.7 Å². The van der Waals surface area contributed by atoms with Crippen molar-refractivity contribution in [3.05, 3.63) is 27.0 Å². The van der Waals surface area contributed by atoms with E-state index in [1.165, 1.54) is 11.3 Å². The third-order valence-electron chi connectivity index (χ3n) is 2.56. The first-order valence-electron chi connectivity index (χ1n) is 6.14. The monoisotopic (exact) mass is 388 g/mol. The number of thiazole rings is 1. The second-order valence-electron chi connectivity index (χ2n) is 4.52. The summed E-state index contributed by atoms with van der Waals surface area (Å²) in [5.74, 6) is -1.14. The van der Waals surface area contributed by atoms with Crippen LogP contribution in [0.1, 0.15) is 19.0 Å². The van der Waals surface area contributed by atoms with E-state index in [0.29, 0.717) is 5.69 Å². The zero-order chi connectivity index (χ0) is 15.4. The van der Waals surface area contributed by atoms with Crippen LogP contribution in [0.25, 0.3) is 9.88 Å². The Hall–Kier alpha value is -1.25. The van der Waals surface area contributed by atoms with Gasteiger partial charge in [0, 0.05) is 21.3 Å². The standard InChI is InChI=1S/C13H13BrN2O3S2/c1-7(2-12(18)19)15-11(17)4-9-6-21-13(16-9)10-3-8(14)5-20-10/h3,5-7H,2,4H2,1H3,(H,15,17)(H,18,19). The number of aliphatic carboxylic acids is 1. The number of carboxylic acids is 1. The molecule has 0 aromatic carbocycles. The van der Waals surface area contributed by atoms with Crippen molar-refractivity contribution in [2.45, 2.75) is 25.8 Å². The number of halogens is 1. The number of nitrogens with one attached hydrogen (secondary N) is 1. The van der Waals surface area contributed by atoms with Gasteiger partial charge in [0.1, 0.15) is 5.01 Å². The molecule has 2 rings (SSSR count). The molecule has 2 aromatic rings. The van der Waals surface area contributed by atoms with Crippen LogP contribution in [0.4, 0.5) is 0 Å². The number of carbonyl (C=O) groups excluding carboxylic acids is 1. The van der Waals surface area contributed by atoms with Gasteiger partial charge >= 0.3 is 5.97 Å². The number of carbonyl (C=O) groups is 2. The zero-order valence-corrected chi connectivity index (χ0v) is 14.3. The topological polar surface area (TPSA) is 79.3 Å². The van der Waals surface area contributed by atoms with Crippen molar-refractivity contribution in [3.63, 3.8) is 0 Å². The maximum absolute atomic E-state index is 11.8. The van der Waals surface area contributed by atoms with Crippen LogP contribution in [-0.4, -0.2) is 28.0 Å². The van der Waals surface area contributed by atoms with E-state index in [9.17, 15) is 9.59 Å². The Bertz CT molecular complexity index is 653. The molecule has 2 aromatic heterocycles. The van der Waals surface area contributed by atoms with Crippen molar-refractivity contribution in [2.75, 3.05) is 0 Å². The van der Waals surface area contributed by atoms with Crippen LogP contribution in [-0.2, 0) is 16.0 Å². The van der Waals surface area contributed by atoms with Crippen molar-refractivity contribution in [2.24, 2.45) is 0 Å². The number of thiophene rings is 1. The molecule has 5 nitrogen and oxygen atoms in total. The summed E-state index contributed by atoms with van der Waals surface area (Å²) < 4.78 is 1.01. The second kappa shape index (κ2) is 7.15. The number of amides is 1. The third kappa shape index (κ3) is 4.90. The minimum atomic E-state index is -0.929. The smallest absolute Gasteiger partial charge is 0.305 e. The average molecular weight is 389 g/mol. The van der Waals surface area contributed by atoms with E-state index in [1.54, 1.807) is 18.3 Å². The lowest BCUT2D eigenvalue weighted by atomic mass is 10.2. The zero-order valence-electron chi connectivity index (χ0n) is 11.1. The van der Waals surface area contributed by atoms with Gasteiger partial charge in [0.25, 0.3) is 0 Å². The SMILES string of the molecule is CC(CC(=O)O)NC(=O)Cc1csc(-c2cc(Br)cs2)n1. The highest BCUT2D eigenvalue weighted by Crippen LogP contribution is 2.32. The molecule has 0 fully saturated rings. The number of rotatable bonds is 6. The molecule has 0 aliphatic heterocycles. The molecule has 0 aliphatic carbocycles. The van der Waals surface area contributed by atoms with Crippen molar-refractivity contribution >= 4 is 50.5 Å². The van der Waals surface area contributed by atoms with E-state index in [0.717, 1.165) is 14.4 Å². The summed E-state index contributed by atoms with van der Waals surface area (Å²) >= 11 is 6.48. The van der Waals surface area contributed by atoms with Gasteiger partial charge in [0.15, 0.2) is 0 Å².